The second-order valence-corrected chi connectivity index (χ2v) is 1.88. The summed E-state index contributed by atoms with van der Waals surface area (Å²) < 4.78 is 0. The van der Waals surface area contributed by atoms with Crippen LogP contribution in [0.25, 0.3) is 0 Å². The molecule has 0 aromatic heterocycles. The summed E-state index contributed by atoms with van der Waals surface area (Å²) in [6, 6.07) is 0. The van der Waals surface area contributed by atoms with E-state index >= 15 is 0 Å². The van der Waals surface area contributed by atoms with Gasteiger partial charge in [-0.1, -0.05) is 0 Å². The van der Waals surface area contributed by atoms with Crippen LogP contribution in [0.4, 0.5) is 0 Å². The lowest BCUT2D eigenvalue weighted by Gasteiger charge is -2.09. The SMILES string of the molecule is CCNC(=O)C([CH]N)CO. The normalized spacial score (nSPS) is 12.7. The Bertz CT molecular complexity index is 102. The first-order valence-electron chi connectivity index (χ1n) is 3.19. The Hall–Kier alpha value is -0.610. The molecule has 4 heteroatoms. The maximum absolute atomic E-state index is 10.8. The van der Waals surface area contributed by atoms with Crippen molar-refractivity contribution in [1.82, 2.24) is 5.32 Å². The highest BCUT2D eigenvalue weighted by Gasteiger charge is 2.13. The van der Waals surface area contributed by atoms with E-state index in [1.807, 2.05) is 6.92 Å². The van der Waals surface area contributed by atoms with Gasteiger partial charge in [0.1, 0.15) is 0 Å². The summed E-state index contributed by atoms with van der Waals surface area (Å²) in [5.41, 5.74) is 5.07. The van der Waals surface area contributed by atoms with E-state index in [1.165, 1.54) is 6.54 Å². The Balaban J connectivity index is 3.65. The van der Waals surface area contributed by atoms with E-state index in [9.17, 15) is 4.79 Å². The van der Waals surface area contributed by atoms with Crippen LogP contribution >= 0.6 is 0 Å². The number of nitrogens with two attached hydrogens (primary N) is 1. The lowest BCUT2D eigenvalue weighted by atomic mass is 10.1. The lowest BCUT2D eigenvalue weighted by molar-refractivity contribution is -0.124. The molecule has 0 aliphatic heterocycles. The van der Waals surface area contributed by atoms with Gasteiger partial charge in [-0.3, -0.25) is 4.79 Å². The first-order valence-corrected chi connectivity index (χ1v) is 3.19. The van der Waals surface area contributed by atoms with Crippen molar-refractivity contribution in [3.8, 4) is 0 Å². The van der Waals surface area contributed by atoms with Gasteiger partial charge in [0, 0.05) is 13.1 Å². The summed E-state index contributed by atoms with van der Waals surface area (Å²) in [5.74, 6) is -0.799. The van der Waals surface area contributed by atoms with Crippen molar-refractivity contribution in [2.75, 3.05) is 13.2 Å². The molecular weight excluding hydrogens is 132 g/mol. The topological polar surface area (TPSA) is 75.4 Å². The van der Waals surface area contributed by atoms with Crippen LogP contribution in [0.1, 0.15) is 6.92 Å². The van der Waals surface area contributed by atoms with Crippen LogP contribution < -0.4 is 11.1 Å². The van der Waals surface area contributed by atoms with E-state index < -0.39 is 5.92 Å². The zero-order valence-corrected chi connectivity index (χ0v) is 6.00. The summed E-state index contributed by atoms with van der Waals surface area (Å²) in [5, 5.41) is 11.1. The predicted octanol–water partition coefficient (Wildman–Crippen LogP) is -1.15. The largest absolute Gasteiger partial charge is 0.395 e. The predicted molar refractivity (Wildman–Crippen MR) is 37.7 cm³/mol. The zero-order valence-electron chi connectivity index (χ0n) is 6.00. The van der Waals surface area contributed by atoms with Crippen LogP contribution in [-0.2, 0) is 4.79 Å². The van der Waals surface area contributed by atoms with Gasteiger partial charge in [-0.05, 0) is 6.92 Å². The number of aliphatic hydroxyl groups excluding tert-OH is 1. The van der Waals surface area contributed by atoms with Crippen molar-refractivity contribution in [1.29, 1.82) is 0 Å². The third-order valence-electron chi connectivity index (χ3n) is 1.12. The van der Waals surface area contributed by atoms with Crippen LogP contribution in [0.3, 0.4) is 0 Å². The molecule has 4 nitrogen and oxygen atoms in total. The molecule has 0 spiro atoms. The number of hydrogen-bond donors (Lipinski definition) is 3. The highest BCUT2D eigenvalue weighted by molar-refractivity contribution is 5.79. The summed E-state index contributed by atoms with van der Waals surface area (Å²) in [4.78, 5) is 10.8. The molecule has 0 heterocycles. The maximum Gasteiger partial charge on any atom is 0.227 e. The van der Waals surface area contributed by atoms with E-state index in [-0.39, 0.29) is 12.5 Å². The fraction of sp³-hybridized carbons (Fsp3) is 0.667. The maximum atomic E-state index is 10.8. The average molecular weight is 145 g/mol. The molecule has 0 saturated heterocycles. The lowest BCUT2D eigenvalue weighted by Crippen LogP contribution is -2.34. The Morgan fingerprint density at radius 3 is 2.80 bits per heavy atom. The molecule has 0 aromatic carbocycles. The minimum absolute atomic E-state index is 0.229. The smallest absolute Gasteiger partial charge is 0.227 e. The standard InChI is InChI=1S/C6H13N2O2/c1-2-8-6(10)5(3-7)4-9/h3,5,9H,2,4,7H2,1H3,(H,8,10). The fourth-order valence-corrected chi connectivity index (χ4v) is 0.536. The van der Waals surface area contributed by atoms with Crippen molar-refractivity contribution in [3.05, 3.63) is 6.54 Å². The van der Waals surface area contributed by atoms with E-state index in [0.29, 0.717) is 6.54 Å². The summed E-state index contributed by atoms with van der Waals surface area (Å²) in [6.45, 7) is 3.32. The molecule has 0 rings (SSSR count). The van der Waals surface area contributed by atoms with Crippen LogP contribution in [-0.4, -0.2) is 24.2 Å². The highest BCUT2D eigenvalue weighted by Crippen LogP contribution is 1.94. The van der Waals surface area contributed by atoms with E-state index in [2.05, 4.69) is 5.32 Å². The third kappa shape index (κ3) is 2.80. The average Bonchev–Trinajstić information content (AvgIpc) is 1.91. The second kappa shape index (κ2) is 5.20. The Morgan fingerprint density at radius 2 is 2.50 bits per heavy atom. The second-order valence-electron chi connectivity index (χ2n) is 1.88. The van der Waals surface area contributed by atoms with Gasteiger partial charge in [0.15, 0.2) is 0 Å². The molecule has 1 atom stereocenters. The zero-order chi connectivity index (χ0) is 7.98. The molecule has 59 valence electrons. The number of rotatable bonds is 4. The summed E-state index contributed by atoms with van der Waals surface area (Å²) >= 11 is 0. The number of amides is 1. The molecule has 0 aliphatic carbocycles. The highest BCUT2D eigenvalue weighted by atomic mass is 16.3. The minimum Gasteiger partial charge on any atom is -0.395 e. The van der Waals surface area contributed by atoms with Gasteiger partial charge in [-0.25, -0.2) is 0 Å². The van der Waals surface area contributed by atoms with E-state index in [1.54, 1.807) is 0 Å². The molecule has 0 aromatic rings. The van der Waals surface area contributed by atoms with Gasteiger partial charge in [0.2, 0.25) is 5.91 Å². The molecule has 4 N–H and O–H groups in total. The summed E-state index contributed by atoms with van der Waals surface area (Å²) in [6.07, 6.45) is 0. The van der Waals surface area contributed by atoms with Gasteiger partial charge >= 0.3 is 0 Å². The third-order valence-corrected chi connectivity index (χ3v) is 1.12. The van der Waals surface area contributed by atoms with Crippen LogP contribution in [0.2, 0.25) is 0 Å². The van der Waals surface area contributed by atoms with Gasteiger partial charge in [0.05, 0.1) is 12.5 Å². The first-order chi connectivity index (χ1) is 4.76. The number of aliphatic hydroxyl groups is 1. The quantitative estimate of drug-likeness (QED) is 0.467. The molecule has 0 bridgehead atoms. The van der Waals surface area contributed by atoms with Crippen molar-refractivity contribution in [2.24, 2.45) is 11.7 Å². The molecule has 0 aliphatic rings. The van der Waals surface area contributed by atoms with Crippen molar-refractivity contribution >= 4 is 5.91 Å². The van der Waals surface area contributed by atoms with E-state index in [4.69, 9.17) is 10.8 Å². The van der Waals surface area contributed by atoms with Gasteiger partial charge < -0.3 is 16.2 Å². The number of carbonyl (C=O) groups excluding carboxylic acids is 1. The molecule has 0 fully saturated rings. The Morgan fingerprint density at radius 1 is 1.90 bits per heavy atom. The van der Waals surface area contributed by atoms with Crippen molar-refractivity contribution in [2.45, 2.75) is 6.92 Å². The van der Waals surface area contributed by atoms with Crippen LogP contribution in [0.5, 0.6) is 0 Å². The number of hydrogen-bond acceptors (Lipinski definition) is 3. The van der Waals surface area contributed by atoms with E-state index in [0.717, 1.165) is 0 Å². The van der Waals surface area contributed by atoms with Crippen LogP contribution in [0.15, 0.2) is 0 Å². The van der Waals surface area contributed by atoms with Crippen molar-refractivity contribution in [3.63, 3.8) is 0 Å². The Kier molecular flexibility index (Phi) is 4.88. The molecule has 1 amide bonds. The number of nitrogens with one attached hydrogen (secondary N) is 1. The molecule has 1 unspecified atom stereocenters. The van der Waals surface area contributed by atoms with Crippen LogP contribution in [0, 0.1) is 12.5 Å². The van der Waals surface area contributed by atoms with Gasteiger partial charge in [-0.15, -0.1) is 0 Å². The molecule has 10 heavy (non-hydrogen) atoms. The molecule has 1 radical (unpaired) electrons. The first kappa shape index (κ1) is 9.39. The van der Waals surface area contributed by atoms with Gasteiger partial charge in [0.25, 0.3) is 0 Å². The molecule has 0 saturated carbocycles. The monoisotopic (exact) mass is 145 g/mol. The Labute approximate surface area is 60.4 Å². The summed E-state index contributed by atoms with van der Waals surface area (Å²) in [7, 11) is 0. The minimum atomic E-state index is -0.569. The number of carbonyl (C=O) groups is 1. The van der Waals surface area contributed by atoms with Gasteiger partial charge in [-0.2, -0.15) is 0 Å². The molecular formula is C6H13N2O2. The fourth-order valence-electron chi connectivity index (χ4n) is 0.536. The van der Waals surface area contributed by atoms with Crippen molar-refractivity contribution < 1.29 is 9.90 Å².